The van der Waals surface area contributed by atoms with Crippen LogP contribution in [-0.4, -0.2) is 0 Å². The van der Waals surface area contributed by atoms with Crippen LogP contribution in [0.4, 0.5) is 0 Å². The lowest BCUT2D eigenvalue weighted by Crippen LogP contribution is -2.17. The lowest BCUT2D eigenvalue weighted by atomic mass is 9.84. The Hall–Kier alpha value is -7.26. The van der Waals surface area contributed by atoms with E-state index in [2.05, 4.69) is 118 Å². The Kier molecular flexibility index (Phi) is 30.2. The van der Waals surface area contributed by atoms with Gasteiger partial charge < -0.3 is 28.4 Å². The van der Waals surface area contributed by atoms with E-state index >= 15 is 0 Å². The summed E-state index contributed by atoms with van der Waals surface area (Å²) >= 11 is 36.5. The first-order valence-electron chi connectivity index (χ1n) is 32.1. The summed E-state index contributed by atoms with van der Waals surface area (Å²) in [5.74, 6) is 4.67. The van der Waals surface area contributed by atoms with Crippen LogP contribution in [0.5, 0.6) is 34.5 Å². The fourth-order valence-corrected chi connectivity index (χ4v) is 11.9. The molecule has 0 saturated carbocycles. The zero-order valence-electron chi connectivity index (χ0n) is 55.7. The summed E-state index contributed by atoms with van der Waals surface area (Å²) in [5.41, 5.74) is 20.1. The maximum atomic E-state index is 6.30. The fourth-order valence-electron chi connectivity index (χ4n) is 11.2. The van der Waals surface area contributed by atoms with Crippen molar-refractivity contribution in [3.63, 3.8) is 0 Å². The molecule has 10 aromatic carbocycles. The number of aryl methyl sites for hydroxylation is 4. The van der Waals surface area contributed by atoms with Gasteiger partial charge in [0.1, 0.15) is 74.1 Å². The summed E-state index contributed by atoms with van der Waals surface area (Å²) in [7, 11) is 0. The molecule has 0 unspecified atom stereocenters. The van der Waals surface area contributed by atoms with Crippen molar-refractivity contribution in [2.45, 2.75) is 147 Å². The van der Waals surface area contributed by atoms with Gasteiger partial charge in [0.25, 0.3) is 0 Å². The van der Waals surface area contributed by atoms with E-state index in [4.69, 9.17) is 98.0 Å². The quantitative estimate of drug-likeness (QED) is 0.0601. The largest absolute Gasteiger partial charge is 0.489 e. The predicted octanol–water partition coefficient (Wildman–Crippen LogP) is 24.7. The highest BCUT2D eigenvalue weighted by atomic mass is 35.5. The average molecular weight is 1380 g/mol. The molecule has 0 fully saturated rings. The van der Waals surface area contributed by atoms with Crippen molar-refractivity contribution in [3.8, 4) is 34.5 Å². The van der Waals surface area contributed by atoms with Crippen molar-refractivity contribution in [2.24, 2.45) is 0 Å². The third-order valence-corrected chi connectivity index (χ3v) is 17.6. The Morgan fingerprint density at radius 2 is 0.298 bits per heavy atom. The van der Waals surface area contributed by atoms with Crippen molar-refractivity contribution in [2.75, 3.05) is 0 Å². The van der Waals surface area contributed by atoms with E-state index in [-0.39, 0.29) is 0 Å². The molecule has 0 aliphatic rings. The molecule has 0 amide bonds. The van der Waals surface area contributed by atoms with E-state index in [9.17, 15) is 0 Å². The van der Waals surface area contributed by atoms with Gasteiger partial charge in [0, 0.05) is 30.1 Å². The topological polar surface area (TPSA) is 55.4 Å². The Balaban J connectivity index is 0.000000214. The molecule has 0 atom stereocenters. The highest BCUT2D eigenvalue weighted by molar-refractivity contribution is 6.32. The van der Waals surface area contributed by atoms with Crippen LogP contribution in [0.25, 0.3) is 0 Å². The number of rotatable bonds is 24. The Bertz CT molecular complexity index is 3230. The second kappa shape index (κ2) is 38.3. The van der Waals surface area contributed by atoms with Crippen LogP contribution < -0.4 is 28.4 Å². The average Bonchev–Trinajstić information content (AvgIpc) is 0.778. The number of halogens is 6. The molecule has 94 heavy (non-hydrogen) atoms. The molecule has 0 aromatic heterocycles. The van der Waals surface area contributed by atoms with Crippen LogP contribution >= 0.6 is 69.6 Å². The molecule has 492 valence electrons. The van der Waals surface area contributed by atoms with Crippen LogP contribution in [0.3, 0.4) is 0 Å². The molecule has 0 radical (unpaired) electrons. The first-order valence-corrected chi connectivity index (χ1v) is 34.4. The maximum absolute atomic E-state index is 6.30. The van der Waals surface area contributed by atoms with E-state index in [0.717, 1.165) is 73.0 Å². The van der Waals surface area contributed by atoms with E-state index in [0.29, 0.717) is 69.8 Å². The van der Waals surface area contributed by atoms with Crippen molar-refractivity contribution in [1.82, 2.24) is 0 Å². The minimum Gasteiger partial charge on any atom is -0.489 e. The van der Waals surface area contributed by atoms with Gasteiger partial charge in [-0.2, -0.15) is 0 Å². The van der Waals surface area contributed by atoms with E-state index in [1.807, 2.05) is 146 Å². The van der Waals surface area contributed by atoms with Gasteiger partial charge in [-0.25, -0.2) is 0 Å². The predicted molar refractivity (Wildman–Crippen MR) is 396 cm³/mol. The molecule has 10 aromatic rings. The number of hydrogen-bond donors (Lipinski definition) is 0. The standard InChI is InChI=1S/2C33H33Cl3O3.2C8H10/c2*1-4-28-31(19-37-25-13-7-22(34)8-14-25)29(5-2)33(21-39-27-17-11-24(36)12-18-27)30(6-3)32(28)20-38-26-15-9-23(35)10-16-26;2*1-7-3-5-8(2)6-4-7/h2*7-18H,4-6,19-21H2,1-3H3;2*3-6H,1-2H3. The monoisotopic (exact) mass is 1380 g/mol. The minimum absolute atomic E-state index is 0.444. The molecule has 10 rings (SSSR count). The van der Waals surface area contributed by atoms with Crippen molar-refractivity contribution < 1.29 is 28.4 Å². The summed E-state index contributed by atoms with van der Waals surface area (Å²) in [6.07, 6.45) is 5.15. The van der Waals surface area contributed by atoms with Gasteiger partial charge in [-0.15, -0.1) is 0 Å². The van der Waals surface area contributed by atoms with Gasteiger partial charge in [0.05, 0.1) is 0 Å². The summed E-state index contributed by atoms with van der Waals surface area (Å²) in [6, 6.07) is 61.8. The normalized spacial score (nSPS) is 10.6. The molecule has 12 heteroatoms. The number of hydrogen-bond acceptors (Lipinski definition) is 6. The molecule has 0 heterocycles. The Labute approximate surface area is 588 Å². The minimum atomic E-state index is 0.444. The van der Waals surface area contributed by atoms with Crippen LogP contribution in [0.15, 0.2) is 194 Å². The number of ether oxygens (including phenoxy) is 6. The maximum Gasteiger partial charge on any atom is 0.119 e. The summed E-state index contributed by atoms with van der Waals surface area (Å²) in [6.45, 7) is 24.2. The third kappa shape index (κ3) is 22.4. The molecule has 0 aliphatic heterocycles. The highest BCUT2D eigenvalue weighted by Crippen LogP contribution is 2.36. The second-order valence-corrected chi connectivity index (χ2v) is 25.2. The Morgan fingerprint density at radius 3 is 0.404 bits per heavy atom. The molecule has 6 nitrogen and oxygen atoms in total. The fraction of sp³-hybridized carbons (Fsp3) is 0.268. The van der Waals surface area contributed by atoms with Crippen LogP contribution in [0.2, 0.25) is 30.1 Å². The van der Waals surface area contributed by atoms with Gasteiger partial charge in [0.15, 0.2) is 0 Å². The zero-order valence-corrected chi connectivity index (χ0v) is 60.2. The van der Waals surface area contributed by atoms with Crippen LogP contribution in [-0.2, 0) is 78.2 Å². The Morgan fingerprint density at radius 1 is 0.181 bits per heavy atom. The molecular weight excluding hydrogens is 1290 g/mol. The van der Waals surface area contributed by atoms with Crippen LogP contribution in [0.1, 0.15) is 131 Å². The third-order valence-electron chi connectivity index (χ3n) is 16.1. The molecule has 0 spiro atoms. The first-order chi connectivity index (χ1) is 45.4. The summed E-state index contributed by atoms with van der Waals surface area (Å²) in [4.78, 5) is 0. The van der Waals surface area contributed by atoms with E-state index in [1.54, 1.807) is 0 Å². The lowest BCUT2D eigenvalue weighted by Gasteiger charge is -2.26. The molecular formula is C82H86Cl6O6. The zero-order chi connectivity index (χ0) is 67.5. The number of benzene rings is 10. The summed E-state index contributed by atoms with van der Waals surface area (Å²) in [5, 5.41) is 4.09. The van der Waals surface area contributed by atoms with E-state index < -0.39 is 0 Å². The van der Waals surface area contributed by atoms with E-state index in [1.165, 1.54) is 89.0 Å². The van der Waals surface area contributed by atoms with Crippen LogP contribution in [0, 0.1) is 27.7 Å². The second-order valence-electron chi connectivity index (χ2n) is 22.6. The molecule has 0 aliphatic carbocycles. The van der Waals surface area contributed by atoms with Gasteiger partial charge in [0.2, 0.25) is 0 Å². The molecule has 0 N–H and O–H groups in total. The molecule has 0 saturated heterocycles. The van der Waals surface area contributed by atoms with Gasteiger partial charge in [-0.3, -0.25) is 0 Å². The van der Waals surface area contributed by atoms with Gasteiger partial charge in [-0.1, -0.05) is 182 Å². The van der Waals surface area contributed by atoms with Gasteiger partial charge in [-0.05, 0) is 279 Å². The summed E-state index contributed by atoms with van der Waals surface area (Å²) < 4.78 is 37.8. The SMILES string of the molecule is CCc1c(COc2ccc(Cl)cc2)c(CC)c(COc2ccc(Cl)cc2)c(CC)c1COc1ccc(Cl)cc1.CCc1c(COc2ccc(Cl)cc2)c(CC)c(COc2ccc(Cl)cc2)c(CC)c1COc1ccc(Cl)cc1.Cc1ccc(C)cc1.Cc1ccc(C)cc1. The van der Waals surface area contributed by atoms with Gasteiger partial charge >= 0.3 is 0 Å². The van der Waals surface area contributed by atoms with Crippen molar-refractivity contribution >= 4 is 69.6 Å². The smallest absolute Gasteiger partial charge is 0.119 e. The van der Waals surface area contributed by atoms with Crippen molar-refractivity contribution in [1.29, 1.82) is 0 Å². The highest BCUT2D eigenvalue weighted by Gasteiger charge is 2.25. The lowest BCUT2D eigenvalue weighted by molar-refractivity contribution is 0.288. The first kappa shape index (κ1) is 74.1. The molecule has 0 bridgehead atoms. The van der Waals surface area contributed by atoms with Crippen molar-refractivity contribution in [3.05, 3.63) is 313 Å².